The molecule has 0 spiro atoms. The molecule has 3 N–H and O–H groups in total. The Morgan fingerprint density at radius 3 is 2.25 bits per heavy atom. The normalized spacial score (nSPS) is 15.3. The van der Waals surface area contributed by atoms with E-state index in [0.29, 0.717) is 60.7 Å². The van der Waals surface area contributed by atoms with Crippen LogP contribution < -0.4 is 24.6 Å². The van der Waals surface area contributed by atoms with Gasteiger partial charge >= 0.3 is 6.09 Å². The molecule has 5 aromatic rings. The number of nitriles is 1. The van der Waals surface area contributed by atoms with Gasteiger partial charge in [0, 0.05) is 50.5 Å². The van der Waals surface area contributed by atoms with Crippen molar-refractivity contribution in [2.24, 2.45) is 0 Å². The van der Waals surface area contributed by atoms with Crippen LogP contribution in [-0.4, -0.2) is 91.7 Å². The fourth-order valence-electron chi connectivity index (χ4n) is 7.00. The van der Waals surface area contributed by atoms with Crippen LogP contribution in [0.1, 0.15) is 67.2 Å². The van der Waals surface area contributed by atoms with Crippen molar-refractivity contribution in [3.8, 4) is 17.6 Å². The highest BCUT2D eigenvalue weighted by atomic mass is 16.5. The first-order valence-corrected chi connectivity index (χ1v) is 18.4. The monoisotopic (exact) mass is 748 g/mol. The van der Waals surface area contributed by atoms with Crippen LogP contribution >= 0.6 is 0 Å². The van der Waals surface area contributed by atoms with Crippen molar-refractivity contribution in [2.75, 3.05) is 49.0 Å². The second kappa shape index (κ2) is 17.3. The fraction of sp³-hybridized carbons (Fsp3) is 0.400. The number of nitrogens with one attached hydrogen (secondary N) is 1. The summed E-state index contributed by atoms with van der Waals surface area (Å²) in [5, 5.41) is 39.2. The average Bonchev–Trinajstić information content (AvgIpc) is 3.61. The van der Waals surface area contributed by atoms with Gasteiger partial charge in [-0.05, 0) is 67.3 Å². The molecule has 15 nitrogen and oxygen atoms in total. The summed E-state index contributed by atoms with van der Waals surface area (Å²) in [6, 6.07) is 19.4. The van der Waals surface area contributed by atoms with Gasteiger partial charge in [-0.25, -0.2) is 19.3 Å². The number of ether oxygens (including phenoxy) is 2. The van der Waals surface area contributed by atoms with E-state index in [-0.39, 0.29) is 19.0 Å². The van der Waals surface area contributed by atoms with E-state index >= 15 is 0 Å². The summed E-state index contributed by atoms with van der Waals surface area (Å²) >= 11 is 0. The number of aromatic nitrogens is 5. The number of carboxylic acid groups (broad SMARTS) is 1. The summed E-state index contributed by atoms with van der Waals surface area (Å²) in [7, 11) is 3.29. The molecular formula is C40H48N10O5. The van der Waals surface area contributed by atoms with Crippen LogP contribution in [0.25, 0.3) is 5.65 Å². The number of pyridine rings is 1. The van der Waals surface area contributed by atoms with Crippen LogP contribution in [0.2, 0.25) is 0 Å². The van der Waals surface area contributed by atoms with E-state index in [1.165, 1.54) is 4.90 Å². The average molecular weight is 749 g/mol. The zero-order valence-electron chi connectivity index (χ0n) is 31.9. The molecule has 55 heavy (non-hydrogen) atoms. The smallest absolute Gasteiger partial charge is 0.407 e. The van der Waals surface area contributed by atoms with Crippen LogP contribution in [-0.2, 0) is 13.1 Å². The molecule has 1 fully saturated rings. The number of hydrogen-bond donors (Lipinski definition) is 3. The molecule has 0 bridgehead atoms. The van der Waals surface area contributed by atoms with Gasteiger partial charge < -0.3 is 39.7 Å². The Kier molecular flexibility index (Phi) is 12.2. The predicted molar refractivity (Wildman–Crippen MR) is 209 cm³/mol. The van der Waals surface area contributed by atoms with Crippen LogP contribution in [0, 0.1) is 18.3 Å². The van der Waals surface area contributed by atoms with Gasteiger partial charge in [0.25, 0.3) is 0 Å². The van der Waals surface area contributed by atoms with Gasteiger partial charge in [0.05, 0.1) is 44.6 Å². The topological polar surface area (TPSA) is 178 Å². The summed E-state index contributed by atoms with van der Waals surface area (Å²) in [5.74, 6) is 3.19. The van der Waals surface area contributed by atoms with Gasteiger partial charge in [-0.15, -0.1) is 5.10 Å². The number of piperazine rings is 1. The first-order chi connectivity index (χ1) is 26.6. The Balaban J connectivity index is 1.38. The van der Waals surface area contributed by atoms with E-state index in [1.54, 1.807) is 31.1 Å². The lowest BCUT2D eigenvalue weighted by atomic mass is 10.1. The second-order valence-corrected chi connectivity index (χ2v) is 13.8. The highest BCUT2D eigenvalue weighted by Gasteiger charge is 2.32. The minimum Gasteiger partial charge on any atom is -0.497 e. The number of aliphatic hydroxyl groups is 1. The molecule has 3 atom stereocenters. The molecule has 0 radical (unpaired) electrons. The summed E-state index contributed by atoms with van der Waals surface area (Å²) in [4.78, 5) is 31.8. The largest absolute Gasteiger partial charge is 0.497 e. The van der Waals surface area contributed by atoms with Crippen molar-refractivity contribution in [1.82, 2.24) is 29.5 Å². The van der Waals surface area contributed by atoms with E-state index in [9.17, 15) is 20.3 Å². The molecule has 2 unspecified atom stereocenters. The third-order valence-corrected chi connectivity index (χ3v) is 9.86. The Morgan fingerprint density at radius 2 is 1.69 bits per heavy atom. The molecule has 1 saturated heterocycles. The number of carbonyl (C=O) groups is 1. The summed E-state index contributed by atoms with van der Waals surface area (Å²) in [6.07, 6.45) is 3.06. The number of hydrogen-bond acceptors (Lipinski definition) is 12. The van der Waals surface area contributed by atoms with E-state index in [2.05, 4.69) is 30.1 Å². The Labute approximate surface area is 320 Å². The van der Waals surface area contributed by atoms with Gasteiger partial charge in [-0.2, -0.15) is 10.2 Å². The molecule has 0 aliphatic carbocycles. The molecule has 2 aromatic carbocycles. The molecule has 0 saturated carbocycles. The molecule has 6 rings (SSSR count). The predicted octanol–water partition coefficient (Wildman–Crippen LogP) is 5.82. The zero-order valence-corrected chi connectivity index (χ0v) is 31.9. The minimum absolute atomic E-state index is 0.0858. The van der Waals surface area contributed by atoms with Crippen molar-refractivity contribution >= 4 is 29.3 Å². The van der Waals surface area contributed by atoms with E-state index in [0.717, 1.165) is 41.0 Å². The Hall–Kier alpha value is -6.14. The Bertz CT molecular complexity index is 2070. The number of methoxy groups -OCH3 is 2. The Morgan fingerprint density at radius 1 is 1.04 bits per heavy atom. The number of aryl methyl sites for hydroxylation is 1. The van der Waals surface area contributed by atoms with Crippen LogP contribution in [0.4, 0.5) is 22.4 Å². The van der Waals surface area contributed by atoms with Crippen molar-refractivity contribution in [1.29, 1.82) is 5.26 Å². The lowest BCUT2D eigenvalue weighted by Gasteiger charge is -2.40. The first-order valence-electron chi connectivity index (χ1n) is 18.4. The molecule has 15 heteroatoms. The summed E-state index contributed by atoms with van der Waals surface area (Å²) in [5.41, 5.74) is 4.35. The molecular weight excluding hydrogens is 701 g/mol. The standard InChI is InChI=1S/C40H48N10O5/c1-6-7-27(3)44-39-45-38(48(23-28-8-12-32(54-4)13-9-28)24-29-10-14-33(55-5)15-11-29)37-43-22-34(50(37)46-39)35(51)30-20-26(2)36(42-21-30)47-18-19-49(40(52)53)31(25-47)16-17-41/h8-15,20-22,27,31,35,51H,6-7,16,18-19,23-25H2,1-5H3,(H,44,46)(H,52,53)/t27?,31-,35?/m0/s1. The number of imidazole rings is 1. The van der Waals surface area contributed by atoms with Gasteiger partial charge in [0.1, 0.15) is 23.4 Å². The zero-order chi connectivity index (χ0) is 39.1. The number of benzene rings is 2. The first kappa shape index (κ1) is 38.6. The summed E-state index contributed by atoms with van der Waals surface area (Å²) in [6.45, 7) is 8.17. The molecule has 3 aromatic heterocycles. The van der Waals surface area contributed by atoms with Gasteiger partial charge in [-0.3, -0.25) is 0 Å². The van der Waals surface area contributed by atoms with Crippen LogP contribution in [0.3, 0.4) is 0 Å². The molecule has 1 aliphatic heterocycles. The third kappa shape index (κ3) is 8.81. The molecule has 288 valence electrons. The van der Waals surface area contributed by atoms with Crippen molar-refractivity contribution in [3.63, 3.8) is 0 Å². The van der Waals surface area contributed by atoms with Gasteiger partial charge in [-0.1, -0.05) is 37.6 Å². The van der Waals surface area contributed by atoms with E-state index in [4.69, 9.17) is 29.5 Å². The molecule has 1 aliphatic rings. The quantitative estimate of drug-likeness (QED) is 0.117. The van der Waals surface area contributed by atoms with Gasteiger partial charge in [0.15, 0.2) is 11.5 Å². The maximum Gasteiger partial charge on any atom is 0.407 e. The fourth-order valence-corrected chi connectivity index (χ4v) is 7.00. The number of aliphatic hydroxyl groups excluding tert-OH is 1. The van der Waals surface area contributed by atoms with Crippen LogP contribution in [0.15, 0.2) is 67.0 Å². The van der Waals surface area contributed by atoms with E-state index < -0.39 is 18.2 Å². The molecule has 1 amide bonds. The van der Waals surface area contributed by atoms with Crippen molar-refractivity contribution in [3.05, 3.63) is 94.9 Å². The number of rotatable bonds is 15. The highest BCUT2D eigenvalue weighted by molar-refractivity contribution is 5.67. The number of anilines is 3. The summed E-state index contributed by atoms with van der Waals surface area (Å²) < 4.78 is 12.5. The lowest BCUT2D eigenvalue weighted by molar-refractivity contribution is 0.119. The number of amides is 1. The van der Waals surface area contributed by atoms with Crippen molar-refractivity contribution in [2.45, 2.75) is 71.3 Å². The van der Waals surface area contributed by atoms with E-state index in [1.807, 2.05) is 66.4 Å². The maximum atomic E-state index is 11.9. The third-order valence-electron chi connectivity index (χ3n) is 9.86. The SMILES string of the molecule is CCCC(C)Nc1nc(N(Cc2ccc(OC)cc2)Cc2ccc(OC)cc2)c2ncc(C(O)c3cnc(N4CCN(C(=O)O)[C@@H](CC#N)C4)c(C)c3)n2n1. The highest BCUT2D eigenvalue weighted by Crippen LogP contribution is 2.31. The lowest BCUT2D eigenvalue weighted by Crippen LogP contribution is -2.55. The number of nitrogens with zero attached hydrogens (tertiary/aromatic N) is 9. The van der Waals surface area contributed by atoms with Crippen LogP contribution in [0.5, 0.6) is 11.5 Å². The number of fused-ring (bicyclic) bond motifs is 1. The van der Waals surface area contributed by atoms with Gasteiger partial charge in [0.2, 0.25) is 5.95 Å². The maximum absolute atomic E-state index is 11.9. The van der Waals surface area contributed by atoms with Crippen molar-refractivity contribution < 1.29 is 24.5 Å². The minimum atomic E-state index is -1.13. The second-order valence-electron chi connectivity index (χ2n) is 13.8. The molecule has 4 heterocycles.